The van der Waals surface area contributed by atoms with E-state index in [1.54, 1.807) is 6.92 Å². The topological polar surface area (TPSA) is 95.0 Å². The number of anilines is 1. The summed E-state index contributed by atoms with van der Waals surface area (Å²) in [5.41, 5.74) is 5.35. The maximum atomic E-state index is 11.2. The molecule has 0 aliphatic heterocycles. The molecule has 0 bridgehead atoms. The number of rotatable bonds is 2. The van der Waals surface area contributed by atoms with E-state index < -0.39 is 15.0 Å². The zero-order chi connectivity index (χ0) is 10.9. The number of aryl methyl sites for hydroxylation is 1. The van der Waals surface area contributed by atoms with Crippen molar-refractivity contribution >= 4 is 20.8 Å². The lowest BCUT2D eigenvalue weighted by Crippen LogP contribution is -2.13. The van der Waals surface area contributed by atoms with Crippen molar-refractivity contribution in [2.75, 3.05) is 12.0 Å². The van der Waals surface area contributed by atoms with Gasteiger partial charge in [-0.3, -0.25) is 4.79 Å². The molecule has 0 aromatic carbocycles. The molecule has 6 nitrogen and oxygen atoms in total. The van der Waals surface area contributed by atoms with Gasteiger partial charge in [0.05, 0.1) is 0 Å². The second kappa shape index (κ2) is 3.41. The number of sulfone groups is 1. The Morgan fingerprint density at radius 3 is 2.57 bits per heavy atom. The van der Waals surface area contributed by atoms with Gasteiger partial charge in [0.1, 0.15) is 11.5 Å². The van der Waals surface area contributed by atoms with Crippen molar-refractivity contribution in [1.82, 2.24) is 9.78 Å². The summed E-state index contributed by atoms with van der Waals surface area (Å²) in [6, 6.07) is 1.26. The Morgan fingerprint density at radius 1 is 1.64 bits per heavy atom. The molecule has 1 rings (SSSR count). The van der Waals surface area contributed by atoms with Crippen LogP contribution in [0.25, 0.3) is 0 Å². The summed E-state index contributed by atoms with van der Waals surface area (Å²) in [6.07, 6.45) is 0.844. The van der Waals surface area contributed by atoms with Gasteiger partial charge in [-0.25, -0.2) is 13.1 Å². The SMILES string of the molecule is CCn1nc(C(=O)S(C)(=O)=O)cc1N. The van der Waals surface area contributed by atoms with Crippen molar-refractivity contribution in [1.29, 1.82) is 0 Å². The van der Waals surface area contributed by atoms with Crippen LogP contribution < -0.4 is 5.73 Å². The summed E-state index contributed by atoms with van der Waals surface area (Å²) in [5, 5.41) is 2.75. The molecule has 0 amide bonds. The standard InChI is InChI=1S/C7H11N3O3S/c1-3-10-6(8)4-5(9-10)7(11)14(2,12)13/h4H,3,8H2,1-2H3. The lowest BCUT2D eigenvalue weighted by molar-refractivity contribution is 0.107. The number of aromatic nitrogens is 2. The van der Waals surface area contributed by atoms with Gasteiger partial charge in [0, 0.05) is 18.9 Å². The molecule has 1 aromatic heterocycles. The highest BCUT2D eigenvalue weighted by Crippen LogP contribution is 2.09. The van der Waals surface area contributed by atoms with Crippen LogP contribution in [0, 0.1) is 0 Å². The minimum absolute atomic E-state index is 0.133. The molecule has 0 unspecified atom stereocenters. The number of carbonyl (C=O) groups excluding carboxylic acids is 1. The van der Waals surface area contributed by atoms with Crippen LogP contribution in [0.1, 0.15) is 17.4 Å². The molecule has 7 heteroatoms. The minimum Gasteiger partial charge on any atom is -0.384 e. The Kier molecular flexibility index (Phi) is 2.61. The predicted molar refractivity (Wildman–Crippen MR) is 51.5 cm³/mol. The third-order valence-electron chi connectivity index (χ3n) is 1.66. The van der Waals surface area contributed by atoms with Gasteiger partial charge in [0.2, 0.25) is 9.84 Å². The van der Waals surface area contributed by atoms with Crippen LogP contribution in [0.15, 0.2) is 6.07 Å². The van der Waals surface area contributed by atoms with E-state index in [9.17, 15) is 13.2 Å². The fraction of sp³-hybridized carbons (Fsp3) is 0.429. The first-order valence-corrected chi connectivity index (χ1v) is 5.83. The second-order valence-corrected chi connectivity index (χ2v) is 4.74. The third-order valence-corrected chi connectivity index (χ3v) is 2.54. The monoisotopic (exact) mass is 217 g/mol. The summed E-state index contributed by atoms with van der Waals surface area (Å²) >= 11 is 0. The van der Waals surface area contributed by atoms with E-state index in [0.717, 1.165) is 6.26 Å². The average molecular weight is 217 g/mol. The summed E-state index contributed by atoms with van der Waals surface area (Å²) in [5.74, 6) is 0.277. The van der Waals surface area contributed by atoms with E-state index in [2.05, 4.69) is 5.10 Å². The van der Waals surface area contributed by atoms with Gasteiger partial charge in [-0.15, -0.1) is 0 Å². The highest BCUT2D eigenvalue weighted by Gasteiger charge is 2.21. The minimum atomic E-state index is -3.74. The quantitative estimate of drug-likeness (QED) is 0.731. The molecule has 0 fully saturated rings. The fourth-order valence-electron chi connectivity index (χ4n) is 0.974. The Balaban J connectivity index is 3.16. The second-order valence-electron chi connectivity index (χ2n) is 2.83. The normalized spacial score (nSPS) is 11.6. The van der Waals surface area contributed by atoms with Crippen LogP contribution in [0.4, 0.5) is 5.82 Å². The maximum Gasteiger partial charge on any atom is 0.296 e. The first kappa shape index (κ1) is 10.7. The Hall–Kier alpha value is -1.37. The molecule has 0 aliphatic rings. The zero-order valence-electron chi connectivity index (χ0n) is 7.89. The number of carbonyl (C=O) groups is 1. The largest absolute Gasteiger partial charge is 0.384 e. The van der Waals surface area contributed by atoms with Crippen molar-refractivity contribution in [3.8, 4) is 0 Å². The molecule has 0 aliphatic carbocycles. The molecule has 2 N–H and O–H groups in total. The van der Waals surface area contributed by atoms with Gasteiger partial charge in [-0.2, -0.15) is 5.10 Å². The van der Waals surface area contributed by atoms with Gasteiger partial charge < -0.3 is 5.73 Å². The molecule has 1 aromatic rings. The molecule has 78 valence electrons. The molecule has 0 saturated carbocycles. The van der Waals surface area contributed by atoms with Crippen molar-refractivity contribution in [3.05, 3.63) is 11.8 Å². The van der Waals surface area contributed by atoms with Gasteiger partial charge in [-0.05, 0) is 6.92 Å². The number of nitrogen functional groups attached to an aromatic ring is 1. The molecule has 0 saturated heterocycles. The Bertz CT molecular complexity index is 461. The van der Waals surface area contributed by atoms with Gasteiger partial charge in [-0.1, -0.05) is 0 Å². The lowest BCUT2D eigenvalue weighted by atomic mass is 10.4. The Morgan fingerprint density at radius 2 is 2.21 bits per heavy atom. The fourth-order valence-corrected chi connectivity index (χ4v) is 1.45. The van der Waals surface area contributed by atoms with Gasteiger partial charge in [0.15, 0.2) is 0 Å². The first-order chi connectivity index (χ1) is 6.36. The predicted octanol–water partition coefficient (Wildman–Crippen LogP) is -0.330. The molecule has 0 spiro atoms. The molecule has 0 radical (unpaired) electrons. The van der Waals surface area contributed by atoms with Crippen LogP contribution in [0.2, 0.25) is 0 Å². The first-order valence-electron chi connectivity index (χ1n) is 3.94. The van der Waals surface area contributed by atoms with Crippen molar-refractivity contribution in [2.45, 2.75) is 13.5 Å². The van der Waals surface area contributed by atoms with E-state index in [-0.39, 0.29) is 11.5 Å². The van der Waals surface area contributed by atoms with E-state index in [1.165, 1.54) is 10.7 Å². The third kappa shape index (κ3) is 1.92. The summed E-state index contributed by atoms with van der Waals surface area (Å²) < 4.78 is 23.2. The Labute approximate surface area is 81.6 Å². The number of hydrogen-bond donors (Lipinski definition) is 1. The summed E-state index contributed by atoms with van der Waals surface area (Å²) in [7, 11) is -3.74. The zero-order valence-corrected chi connectivity index (χ0v) is 8.71. The summed E-state index contributed by atoms with van der Waals surface area (Å²) in [4.78, 5) is 11.2. The molecule has 14 heavy (non-hydrogen) atoms. The smallest absolute Gasteiger partial charge is 0.296 e. The number of nitrogens with zero attached hydrogens (tertiary/aromatic N) is 2. The highest BCUT2D eigenvalue weighted by atomic mass is 32.2. The van der Waals surface area contributed by atoms with E-state index >= 15 is 0 Å². The van der Waals surface area contributed by atoms with Crippen LogP contribution in [-0.4, -0.2) is 29.6 Å². The maximum absolute atomic E-state index is 11.2. The van der Waals surface area contributed by atoms with Gasteiger partial charge >= 0.3 is 0 Å². The van der Waals surface area contributed by atoms with Crippen LogP contribution in [0.5, 0.6) is 0 Å². The van der Waals surface area contributed by atoms with E-state index in [1.807, 2.05) is 0 Å². The average Bonchev–Trinajstić information content (AvgIpc) is 2.43. The molecule has 1 heterocycles. The van der Waals surface area contributed by atoms with Crippen molar-refractivity contribution < 1.29 is 13.2 Å². The van der Waals surface area contributed by atoms with Crippen molar-refractivity contribution in [3.63, 3.8) is 0 Å². The lowest BCUT2D eigenvalue weighted by Gasteiger charge is -1.95. The van der Waals surface area contributed by atoms with E-state index in [0.29, 0.717) is 6.54 Å². The van der Waals surface area contributed by atoms with Crippen molar-refractivity contribution in [2.24, 2.45) is 0 Å². The van der Waals surface area contributed by atoms with Crippen LogP contribution >= 0.6 is 0 Å². The molecular formula is C7H11N3O3S. The highest BCUT2D eigenvalue weighted by molar-refractivity contribution is 8.06. The van der Waals surface area contributed by atoms with E-state index in [4.69, 9.17) is 5.73 Å². The molecular weight excluding hydrogens is 206 g/mol. The number of hydrogen-bond acceptors (Lipinski definition) is 5. The number of nitrogens with two attached hydrogens (primary N) is 1. The molecule has 0 atom stereocenters. The van der Waals surface area contributed by atoms with Crippen LogP contribution in [-0.2, 0) is 16.4 Å². The van der Waals surface area contributed by atoms with Gasteiger partial charge in [0.25, 0.3) is 5.12 Å². The van der Waals surface area contributed by atoms with Crippen LogP contribution in [0.3, 0.4) is 0 Å². The summed E-state index contributed by atoms with van der Waals surface area (Å²) in [6.45, 7) is 2.28.